The second kappa shape index (κ2) is 7.32. The minimum absolute atomic E-state index is 0.219. The van der Waals surface area contributed by atoms with Gasteiger partial charge in [0.25, 0.3) is 0 Å². The fourth-order valence-electron chi connectivity index (χ4n) is 0.455. The summed E-state index contributed by atoms with van der Waals surface area (Å²) < 4.78 is 54.1. The number of rotatable bonds is 7. The molecule has 0 rings (SSSR count). The summed E-state index contributed by atoms with van der Waals surface area (Å²) in [7, 11) is -3.66. The van der Waals surface area contributed by atoms with Gasteiger partial charge in [-0.25, -0.2) is 4.21 Å². The molecule has 0 spiro atoms. The van der Waals surface area contributed by atoms with Crippen LogP contribution in [-0.4, -0.2) is 36.5 Å². The summed E-state index contributed by atoms with van der Waals surface area (Å²) in [5.41, 5.74) is 0. The lowest BCUT2D eigenvalue weighted by molar-refractivity contribution is 0.0968. The van der Waals surface area contributed by atoms with Crippen LogP contribution in [0.4, 0.5) is 0 Å². The Bertz CT molecular complexity index is 276. The summed E-state index contributed by atoms with van der Waals surface area (Å²) >= 11 is 1.65. The molecule has 0 fully saturated rings. The Balaban J connectivity index is 4.03. The molecule has 2 unspecified atom stereocenters. The molecule has 0 aromatic heterocycles. The summed E-state index contributed by atoms with van der Waals surface area (Å²) in [6, 6.07) is 0. The second-order valence-corrected chi connectivity index (χ2v) is 7.01. The molecule has 11 heteroatoms. The minimum Gasteiger partial charge on any atom is -0.750 e. The highest BCUT2D eigenvalue weighted by molar-refractivity contribution is 14.2. The van der Waals surface area contributed by atoms with Crippen molar-refractivity contribution in [1.29, 1.82) is 0 Å². The van der Waals surface area contributed by atoms with E-state index in [1.54, 1.807) is 0 Å². The molecule has 14 heavy (non-hydrogen) atoms. The number of halogens is 1. The van der Waals surface area contributed by atoms with Gasteiger partial charge in [-0.2, -0.15) is 8.42 Å². The first-order valence-corrected chi connectivity index (χ1v) is 8.28. The van der Waals surface area contributed by atoms with Crippen LogP contribution in [-0.2, 0) is 31.2 Å². The molecule has 0 N–H and O–H groups in total. The molecule has 0 aliphatic heterocycles. The summed E-state index contributed by atoms with van der Waals surface area (Å²) in [6.45, 7) is -0.678. The van der Waals surface area contributed by atoms with Gasteiger partial charge in [0.15, 0.2) is 0 Å². The van der Waals surface area contributed by atoms with Crippen molar-refractivity contribution in [2.75, 3.05) is 13.2 Å². The summed E-state index contributed by atoms with van der Waals surface area (Å²) in [6.07, 6.45) is -1.05. The predicted molar refractivity (Wildman–Crippen MR) is 57.6 cm³/mol. The maximum atomic E-state index is 10.5. The van der Waals surface area contributed by atoms with Crippen LogP contribution < -0.4 is 0 Å². The van der Waals surface area contributed by atoms with Gasteiger partial charge < -0.3 is 8.74 Å². The monoisotopic (exact) mass is 377 g/mol. The van der Waals surface area contributed by atoms with Gasteiger partial charge in [-0.15, -0.1) is 0 Å². The molecule has 0 aromatic rings. The molecule has 0 radical (unpaired) electrons. The van der Waals surface area contributed by atoms with Crippen LogP contribution in [0.2, 0.25) is 0 Å². The molecule has 0 saturated carbocycles. The van der Waals surface area contributed by atoms with E-state index >= 15 is 0 Å². The second-order valence-electron chi connectivity index (χ2n) is 1.90. The van der Waals surface area contributed by atoms with Gasteiger partial charge in [0.2, 0.25) is 0 Å². The van der Waals surface area contributed by atoms with Crippen molar-refractivity contribution in [3.05, 3.63) is 0 Å². The Hall–Kier alpha value is 1.02. The molecule has 86 valence electrons. The zero-order valence-corrected chi connectivity index (χ0v) is 11.2. The Morgan fingerprint density at radius 3 is 2.43 bits per heavy atom. The normalized spacial score (nSPS) is 16.5. The minimum atomic E-state index is -3.66. The lowest BCUT2D eigenvalue weighted by Gasteiger charge is -2.16. The van der Waals surface area contributed by atoms with E-state index in [1.807, 2.05) is 0 Å². The summed E-state index contributed by atoms with van der Waals surface area (Å²) in [5, 5.41) is 0. The first-order valence-electron chi connectivity index (χ1n) is 2.97. The highest BCUT2D eigenvalue weighted by atomic mass is 127. The number of thiol groups is 1. The van der Waals surface area contributed by atoms with E-state index in [0.29, 0.717) is 0 Å². The zero-order valence-electron chi connectivity index (χ0n) is 6.49. The first-order chi connectivity index (χ1) is 6.35. The van der Waals surface area contributed by atoms with E-state index in [2.05, 4.69) is 25.5 Å². The van der Waals surface area contributed by atoms with Gasteiger partial charge in [0.05, 0.1) is 24.6 Å². The fraction of sp³-hybridized carbons (Fsp3) is 1.00. The van der Waals surface area contributed by atoms with Crippen LogP contribution in [0, 0.1) is 0 Å². The zero-order chi connectivity index (χ0) is 11.2. The Kier molecular flexibility index (Phi) is 7.85. The van der Waals surface area contributed by atoms with E-state index in [0.717, 1.165) is 21.2 Å². The highest BCUT2D eigenvalue weighted by Gasteiger charge is 2.14. The van der Waals surface area contributed by atoms with Gasteiger partial charge in [-0.1, -0.05) is 0 Å². The average molecular weight is 377 g/mol. The van der Waals surface area contributed by atoms with Crippen molar-refractivity contribution in [3.63, 3.8) is 0 Å². The molecular weight excluding hydrogens is 371 g/mol. The maximum Gasteiger partial charge on any atom is 0.321 e. The third-order valence-corrected chi connectivity index (χ3v) is 2.63. The molecule has 0 bridgehead atoms. The largest absolute Gasteiger partial charge is 0.750 e. The molecule has 0 aliphatic carbocycles. The molecule has 0 aromatic carbocycles. The van der Waals surface area contributed by atoms with Crippen molar-refractivity contribution in [2.45, 2.75) is 6.10 Å². The van der Waals surface area contributed by atoms with Crippen molar-refractivity contribution >= 4 is 52.8 Å². The number of hydrogen-bond acceptors (Lipinski definition) is 8. The molecule has 0 amide bonds. The smallest absolute Gasteiger partial charge is 0.321 e. The van der Waals surface area contributed by atoms with E-state index in [4.69, 9.17) is 0 Å². The highest BCUT2D eigenvalue weighted by Crippen LogP contribution is 2.06. The van der Waals surface area contributed by atoms with Crippen LogP contribution in [0.15, 0.2) is 0 Å². The van der Waals surface area contributed by atoms with Crippen LogP contribution in [0.5, 0.6) is 0 Å². The van der Waals surface area contributed by atoms with Gasteiger partial charge in [-0.3, -0.25) is 8.37 Å². The van der Waals surface area contributed by atoms with Crippen molar-refractivity contribution in [1.82, 2.24) is 0 Å². The third-order valence-electron chi connectivity index (χ3n) is 0.870. The topological polar surface area (TPSA) is 102 Å². The average Bonchev–Trinajstić information content (AvgIpc) is 1.98. The first kappa shape index (κ1) is 15.0. The number of hydrogen-bond donors (Lipinski definition) is 1. The van der Waals surface area contributed by atoms with E-state index in [1.165, 1.54) is 0 Å². The Morgan fingerprint density at radius 2 is 2.07 bits per heavy atom. The van der Waals surface area contributed by atoms with E-state index < -0.39 is 31.4 Å². The fourth-order valence-corrected chi connectivity index (χ4v) is 1.71. The molecule has 7 nitrogen and oxygen atoms in total. The van der Waals surface area contributed by atoms with E-state index in [9.17, 15) is 17.2 Å². The standard InChI is InChI=1S/C3H7IO7S3/c4-14(7,8)10-2-3(1-9-12)11-13(5)6/h3,12H,1-2H2,(H,5,6)/p-1. The van der Waals surface area contributed by atoms with Gasteiger partial charge >= 0.3 is 7.29 Å². The quantitative estimate of drug-likeness (QED) is 0.214. The van der Waals surface area contributed by atoms with Crippen LogP contribution in [0.3, 0.4) is 0 Å². The lowest BCUT2D eigenvalue weighted by atomic mass is 10.4. The third kappa shape index (κ3) is 9.57. The van der Waals surface area contributed by atoms with Gasteiger partial charge in [0.1, 0.15) is 27.3 Å². The molecule has 0 heterocycles. The predicted octanol–water partition coefficient (Wildman–Crippen LogP) is -0.276. The van der Waals surface area contributed by atoms with Crippen molar-refractivity contribution < 1.29 is 29.7 Å². The van der Waals surface area contributed by atoms with Crippen molar-refractivity contribution in [2.24, 2.45) is 0 Å². The maximum absolute atomic E-state index is 10.5. The Labute approximate surface area is 101 Å². The molecule has 0 saturated heterocycles. The molecular formula is C3H6IO7S3-. The summed E-state index contributed by atoms with van der Waals surface area (Å²) in [4.78, 5) is 0. The lowest BCUT2D eigenvalue weighted by Crippen LogP contribution is -2.25. The Morgan fingerprint density at radius 1 is 1.50 bits per heavy atom. The van der Waals surface area contributed by atoms with Gasteiger partial charge in [0, 0.05) is 0 Å². The molecule has 0 aliphatic rings. The van der Waals surface area contributed by atoms with E-state index in [-0.39, 0.29) is 6.61 Å². The van der Waals surface area contributed by atoms with Crippen LogP contribution >= 0.6 is 34.1 Å². The van der Waals surface area contributed by atoms with Crippen LogP contribution in [0.1, 0.15) is 0 Å². The van der Waals surface area contributed by atoms with Gasteiger partial charge in [-0.05, 0) is 12.9 Å². The summed E-state index contributed by atoms with van der Waals surface area (Å²) in [5.74, 6) is 0. The SMILES string of the molecule is O=S([O-])OC(COS)COS(=O)(=O)I. The van der Waals surface area contributed by atoms with Crippen molar-refractivity contribution in [3.8, 4) is 0 Å². The van der Waals surface area contributed by atoms with Crippen LogP contribution in [0.25, 0.3) is 0 Å². The molecule has 2 atom stereocenters.